The van der Waals surface area contributed by atoms with Gasteiger partial charge in [0, 0.05) is 42.5 Å². The molecule has 1 amide bonds. The highest BCUT2D eigenvalue weighted by molar-refractivity contribution is 6.06. The first-order valence-corrected chi connectivity index (χ1v) is 7.80. The van der Waals surface area contributed by atoms with Crippen LogP contribution in [-0.4, -0.2) is 55.7 Å². The lowest BCUT2D eigenvalue weighted by atomic mass is 10.1. The van der Waals surface area contributed by atoms with Crippen molar-refractivity contribution in [3.63, 3.8) is 0 Å². The van der Waals surface area contributed by atoms with Gasteiger partial charge in [-0.2, -0.15) is 0 Å². The highest BCUT2D eigenvalue weighted by Gasteiger charge is 2.18. The lowest BCUT2D eigenvalue weighted by molar-refractivity contribution is 0.0922. The van der Waals surface area contributed by atoms with Crippen molar-refractivity contribution in [3.8, 4) is 0 Å². The molecule has 1 atom stereocenters. The number of H-pyrrole nitrogens is 1. The number of carbonyl (C=O) groups excluding carboxylic acids is 1. The molecular formula is C17H21N3O3. The van der Waals surface area contributed by atoms with Crippen LogP contribution in [0.15, 0.2) is 35.3 Å². The number of rotatable bonds is 3. The Morgan fingerprint density at radius 2 is 2.17 bits per heavy atom. The van der Waals surface area contributed by atoms with E-state index < -0.39 is 0 Å². The SMILES string of the molecule is CN1CCOCC(CNC(=O)c2c[nH]c(=O)c3ccccc23)C1. The number of likely N-dealkylation sites (N-methyl/N-ethyl adjacent to an activating group) is 1. The molecule has 1 fully saturated rings. The molecule has 1 aromatic carbocycles. The molecule has 0 bridgehead atoms. The van der Waals surface area contributed by atoms with Crippen molar-refractivity contribution in [2.45, 2.75) is 0 Å². The Morgan fingerprint density at radius 3 is 3.00 bits per heavy atom. The number of benzene rings is 1. The summed E-state index contributed by atoms with van der Waals surface area (Å²) < 4.78 is 5.56. The quantitative estimate of drug-likeness (QED) is 0.880. The van der Waals surface area contributed by atoms with Crippen molar-refractivity contribution in [2.75, 3.05) is 39.9 Å². The molecule has 0 aliphatic carbocycles. The minimum Gasteiger partial charge on any atom is -0.380 e. The summed E-state index contributed by atoms with van der Waals surface area (Å²) in [5.41, 5.74) is 0.305. The average Bonchev–Trinajstić information content (AvgIpc) is 2.77. The third-order valence-corrected chi connectivity index (χ3v) is 4.15. The van der Waals surface area contributed by atoms with Crippen LogP contribution in [0.5, 0.6) is 0 Å². The van der Waals surface area contributed by atoms with E-state index in [1.54, 1.807) is 18.2 Å². The van der Waals surface area contributed by atoms with Crippen LogP contribution in [0.3, 0.4) is 0 Å². The maximum atomic E-state index is 12.5. The number of nitrogens with one attached hydrogen (secondary N) is 2. The third-order valence-electron chi connectivity index (χ3n) is 4.15. The zero-order valence-corrected chi connectivity index (χ0v) is 13.2. The van der Waals surface area contributed by atoms with Gasteiger partial charge in [-0.25, -0.2) is 0 Å². The molecule has 2 aromatic rings. The van der Waals surface area contributed by atoms with Gasteiger partial charge in [0.05, 0.1) is 18.8 Å². The van der Waals surface area contributed by atoms with Gasteiger partial charge in [0.2, 0.25) is 0 Å². The minimum absolute atomic E-state index is 0.177. The van der Waals surface area contributed by atoms with Crippen molar-refractivity contribution < 1.29 is 9.53 Å². The Morgan fingerprint density at radius 1 is 1.39 bits per heavy atom. The normalized spacial score (nSPS) is 19.4. The molecule has 1 saturated heterocycles. The standard InChI is InChI=1S/C17H21N3O3/c1-20-6-7-23-11-12(10-20)8-18-17(22)15-9-19-16(21)14-5-3-2-4-13(14)15/h2-5,9,12H,6-8,10-11H2,1H3,(H,18,22)(H,19,21). The van der Waals surface area contributed by atoms with Gasteiger partial charge in [0.15, 0.2) is 0 Å². The van der Waals surface area contributed by atoms with Crippen molar-refractivity contribution in [2.24, 2.45) is 5.92 Å². The minimum atomic E-state index is -0.184. The second-order valence-electron chi connectivity index (χ2n) is 5.99. The fourth-order valence-electron chi connectivity index (χ4n) is 2.91. The fourth-order valence-corrected chi connectivity index (χ4v) is 2.91. The number of hydrogen-bond donors (Lipinski definition) is 2. The van der Waals surface area contributed by atoms with Gasteiger partial charge in [0.1, 0.15) is 0 Å². The number of amides is 1. The average molecular weight is 315 g/mol. The van der Waals surface area contributed by atoms with E-state index in [2.05, 4.69) is 22.2 Å². The Balaban J connectivity index is 1.74. The number of aromatic nitrogens is 1. The lowest BCUT2D eigenvalue weighted by Gasteiger charge is -2.19. The van der Waals surface area contributed by atoms with Crippen molar-refractivity contribution in [1.82, 2.24) is 15.2 Å². The molecule has 1 unspecified atom stereocenters. The summed E-state index contributed by atoms with van der Waals surface area (Å²) in [6.07, 6.45) is 1.48. The van der Waals surface area contributed by atoms with Crippen LogP contribution in [0, 0.1) is 5.92 Å². The largest absolute Gasteiger partial charge is 0.380 e. The van der Waals surface area contributed by atoms with Gasteiger partial charge in [-0.3, -0.25) is 9.59 Å². The fraction of sp³-hybridized carbons (Fsp3) is 0.412. The summed E-state index contributed by atoms with van der Waals surface area (Å²) in [5.74, 6) is 0.0878. The number of nitrogens with zero attached hydrogens (tertiary/aromatic N) is 1. The summed E-state index contributed by atoms with van der Waals surface area (Å²) in [5, 5.41) is 4.16. The van der Waals surface area contributed by atoms with Crippen LogP contribution in [-0.2, 0) is 4.74 Å². The maximum Gasteiger partial charge on any atom is 0.255 e. The second kappa shape index (κ2) is 6.93. The predicted octanol–water partition coefficient (Wildman–Crippen LogP) is 0.836. The molecule has 122 valence electrons. The highest BCUT2D eigenvalue weighted by Crippen LogP contribution is 2.14. The smallest absolute Gasteiger partial charge is 0.255 e. The summed E-state index contributed by atoms with van der Waals surface area (Å²) in [4.78, 5) is 29.2. The third kappa shape index (κ3) is 3.60. The van der Waals surface area contributed by atoms with Crippen molar-refractivity contribution in [1.29, 1.82) is 0 Å². The Labute approximate surface area is 134 Å². The summed E-state index contributed by atoms with van der Waals surface area (Å²) >= 11 is 0. The van der Waals surface area contributed by atoms with Crippen LogP contribution in [0.2, 0.25) is 0 Å². The van der Waals surface area contributed by atoms with E-state index in [0.29, 0.717) is 29.5 Å². The van der Waals surface area contributed by atoms with Crippen LogP contribution < -0.4 is 10.9 Å². The summed E-state index contributed by atoms with van der Waals surface area (Å²) in [6.45, 7) is 3.74. The van der Waals surface area contributed by atoms with E-state index in [-0.39, 0.29) is 17.4 Å². The number of pyridine rings is 1. The summed E-state index contributed by atoms with van der Waals surface area (Å²) in [7, 11) is 2.05. The van der Waals surface area contributed by atoms with E-state index in [1.165, 1.54) is 6.20 Å². The topological polar surface area (TPSA) is 74.4 Å². The first-order valence-electron chi connectivity index (χ1n) is 7.80. The van der Waals surface area contributed by atoms with E-state index in [4.69, 9.17) is 4.74 Å². The Hall–Kier alpha value is -2.18. The van der Waals surface area contributed by atoms with Gasteiger partial charge in [0.25, 0.3) is 11.5 Å². The zero-order chi connectivity index (χ0) is 16.2. The monoisotopic (exact) mass is 315 g/mol. The Bertz CT molecular complexity index is 756. The van der Waals surface area contributed by atoms with Gasteiger partial charge < -0.3 is 19.9 Å². The molecule has 3 rings (SSSR count). The molecule has 0 radical (unpaired) electrons. The molecule has 2 N–H and O–H groups in total. The molecule has 1 aliphatic rings. The Kier molecular flexibility index (Phi) is 4.73. The van der Waals surface area contributed by atoms with Crippen molar-refractivity contribution in [3.05, 3.63) is 46.4 Å². The molecule has 0 spiro atoms. The van der Waals surface area contributed by atoms with Crippen LogP contribution >= 0.6 is 0 Å². The van der Waals surface area contributed by atoms with Gasteiger partial charge in [-0.15, -0.1) is 0 Å². The predicted molar refractivity (Wildman–Crippen MR) is 88.7 cm³/mol. The highest BCUT2D eigenvalue weighted by atomic mass is 16.5. The van der Waals surface area contributed by atoms with Gasteiger partial charge >= 0.3 is 0 Å². The maximum absolute atomic E-state index is 12.5. The molecule has 1 aliphatic heterocycles. The lowest BCUT2D eigenvalue weighted by Crippen LogP contribution is -2.36. The number of fused-ring (bicyclic) bond motifs is 1. The van der Waals surface area contributed by atoms with E-state index in [0.717, 1.165) is 19.7 Å². The van der Waals surface area contributed by atoms with Crippen LogP contribution in [0.25, 0.3) is 10.8 Å². The zero-order valence-electron chi connectivity index (χ0n) is 13.2. The van der Waals surface area contributed by atoms with Crippen molar-refractivity contribution >= 4 is 16.7 Å². The number of ether oxygens (including phenoxy) is 1. The van der Waals surface area contributed by atoms with E-state index in [9.17, 15) is 9.59 Å². The van der Waals surface area contributed by atoms with Gasteiger partial charge in [-0.1, -0.05) is 18.2 Å². The molecular weight excluding hydrogens is 294 g/mol. The van der Waals surface area contributed by atoms with Crippen LogP contribution in [0.4, 0.5) is 0 Å². The number of hydrogen-bond acceptors (Lipinski definition) is 4. The van der Waals surface area contributed by atoms with Gasteiger partial charge in [-0.05, 0) is 13.1 Å². The first kappa shape index (κ1) is 15.7. The molecule has 6 nitrogen and oxygen atoms in total. The molecule has 2 heterocycles. The van der Waals surface area contributed by atoms with E-state index >= 15 is 0 Å². The number of carbonyl (C=O) groups is 1. The van der Waals surface area contributed by atoms with E-state index in [1.807, 2.05) is 6.07 Å². The molecule has 1 aromatic heterocycles. The molecule has 0 saturated carbocycles. The second-order valence-corrected chi connectivity index (χ2v) is 5.99. The molecule has 6 heteroatoms. The first-order chi connectivity index (χ1) is 11.1. The number of aromatic amines is 1. The summed E-state index contributed by atoms with van der Waals surface area (Å²) in [6, 6.07) is 7.13. The molecule has 23 heavy (non-hydrogen) atoms. The van der Waals surface area contributed by atoms with Crippen LogP contribution in [0.1, 0.15) is 10.4 Å².